The van der Waals surface area contributed by atoms with Crippen LogP contribution in [0.2, 0.25) is 0 Å². The van der Waals surface area contributed by atoms with Gasteiger partial charge < -0.3 is 0 Å². The summed E-state index contributed by atoms with van der Waals surface area (Å²) in [5.74, 6) is 0. The van der Waals surface area contributed by atoms with Crippen LogP contribution in [-0.2, 0) is 6.42 Å². The highest BCUT2D eigenvalue weighted by Crippen LogP contribution is 2.39. The Kier molecular flexibility index (Phi) is 3.48. The lowest BCUT2D eigenvalue weighted by Crippen LogP contribution is -1.89. The Labute approximate surface area is 99.4 Å². The van der Waals surface area contributed by atoms with Crippen molar-refractivity contribution >= 4 is 5.57 Å². The van der Waals surface area contributed by atoms with Crippen molar-refractivity contribution in [2.24, 2.45) is 0 Å². The van der Waals surface area contributed by atoms with Gasteiger partial charge in [-0.3, -0.25) is 0 Å². The predicted octanol–water partition coefficient (Wildman–Crippen LogP) is 4.90. The van der Waals surface area contributed by atoms with Gasteiger partial charge in [-0.2, -0.15) is 0 Å². The number of allylic oxidation sites excluding steroid dienone is 2. The van der Waals surface area contributed by atoms with Crippen LogP contribution in [0.1, 0.15) is 56.2 Å². The molecule has 0 heteroatoms. The summed E-state index contributed by atoms with van der Waals surface area (Å²) in [5.41, 5.74) is 7.97. The highest BCUT2D eigenvalue weighted by molar-refractivity contribution is 5.78. The van der Waals surface area contributed by atoms with Gasteiger partial charge in [0.05, 0.1) is 0 Å². The first-order valence-corrected chi connectivity index (χ1v) is 6.57. The van der Waals surface area contributed by atoms with E-state index in [0.717, 1.165) is 0 Å². The summed E-state index contributed by atoms with van der Waals surface area (Å²) in [6.45, 7) is 6.82. The van der Waals surface area contributed by atoms with Crippen LogP contribution in [0.25, 0.3) is 5.57 Å². The summed E-state index contributed by atoms with van der Waals surface area (Å²) in [4.78, 5) is 0. The molecule has 0 radical (unpaired) electrons. The molecule has 1 aromatic carbocycles. The molecule has 0 saturated heterocycles. The maximum Gasteiger partial charge on any atom is -0.00549 e. The van der Waals surface area contributed by atoms with Crippen LogP contribution in [0.3, 0.4) is 0 Å². The maximum absolute atomic E-state index is 2.31. The van der Waals surface area contributed by atoms with Crippen molar-refractivity contribution in [1.29, 1.82) is 0 Å². The molecule has 1 aliphatic rings. The van der Waals surface area contributed by atoms with E-state index in [1.165, 1.54) is 37.7 Å². The number of hydrogen-bond acceptors (Lipinski definition) is 0. The van der Waals surface area contributed by atoms with Crippen molar-refractivity contribution in [2.45, 2.75) is 52.9 Å². The first-order valence-electron chi connectivity index (χ1n) is 6.57. The fraction of sp³-hybridized carbons (Fsp3) is 0.500. The van der Waals surface area contributed by atoms with Gasteiger partial charge in [-0.15, -0.1) is 0 Å². The molecule has 0 aromatic heterocycles. The summed E-state index contributed by atoms with van der Waals surface area (Å²) < 4.78 is 0. The quantitative estimate of drug-likeness (QED) is 0.668. The van der Waals surface area contributed by atoms with Crippen LogP contribution in [0.4, 0.5) is 0 Å². The van der Waals surface area contributed by atoms with Crippen LogP contribution in [0.5, 0.6) is 0 Å². The Balaban J connectivity index is 2.43. The summed E-state index contributed by atoms with van der Waals surface area (Å²) in [6, 6.07) is 6.76. The zero-order chi connectivity index (χ0) is 11.5. The van der Waals surface area contributed by atoms with E-state index in [0.29, 0.717) is 0 Å². The van der Waals surface area contributed by atoms with E-state index in [2.05, 4.69) is 39.0 Å². The van der Waals surface area contributed by atoms with Gasteiger partial charge in [-0.05, 0) is 48.4 Å². The molecule has 0 nitrogen and oxygen atoms in total. The molecule has 86 valence electrons. The second kappa shape index (κ2) is 4.86. The first-order chi connectivity index (χ1) is 7.77. The van der Waals surface area contributed by atoms with E-state index in [-0.39, 0.29) is 0 Å². The molecule has 0 saturated carbocycles. The number of fused-ring (bicyclic) bond motifs is 1. The first kappa shape index (κ1) is 11.4. The Morgan fingerprint density at radius 2 is 1.81 bits per heavy atom. The minimum atomic E-state index is 1.21. The normalized spacial score (nSPS) is 14.4. The largest absolute Gasteiger partial charge is 0.0651 e. The zero-order valence-corrected chi connectivity index (χ0v) is 10.8. The standard InChI is InChI=1S/C16H22/c1-4-7-13-11-14-10-6-9-12(3)16(14)15(13)8-5-2/h6,9-10H,4-5,7-8,11H2,1-3H3. The van der Waals surface area contributed by atoms with Crippen molar-refractivity contribution in [1.82, 2.24) is 0 Å². The molecular formula is C16H22. The highest BCUT2D eigenvalue weighted by atomic mass is 14.3. The molecule has 0 heterocycles. The van der Waals surface area contributed by atoms with Crippen molar-refractivity contribution in [2.75, 3.05) is 0 Å². The molecule has 0 bridgehead atoms. The zero-order valence-electron chi connectivity index (χ0n) is 10.8. The Bertz CT molecular complexity index is 410. The molecule has 2 rings (SSSR count). The number of rotatable bonds is 4. The Morgan fingerprint density at radius 1 is 1.06 bits per heavy atom. The van der Waals surface area contributed by atoms with Crippen molar-refractivity contribution < 1.29 is 0 Å². The molecule has 0 spiro atoms. The Hall–Kier alpha value is -1.04. The van der Waals surface area contributed by atoms with Crippen LogP contribution in [0.15, 0.2) is 23.8 Å². The molecular weight excluding hydrogens is 192 g/mol. The summed E-state index contributed by atoms with van der Waals surface area (Å²) in [6.07, 6.45) is 6.28. The van der Waals surface area contributed by atoms with E-state index in [9.17, 15) is 0 Å². The third-order valence-corrected chi connectivity index (χ3v) is 3.54. The van der Waals surface area contributed by atoms with Crippen molar-refractivity contribution in [3.05, 3.63) is 40.5 Å². The minimum absolute atomic E-state index is 1.21. The van der Waals surface area contributed by atoms with Gasteiger partial charge in [0, 0.05) is 0 Å². The van der Waals surface area contributed by atoms with Gasteiger partial charge in [-0.1, -0.05) is 50.5 Å². The lowest BCUT2D eigenvalue weighted by atomic mass is 9.96. The molecule has 0 N–H and O–H groups in total. The Morgan fingerprint density at radius 3 is 2.50 bits per heavy atom. The third kappa shape index (κ3) is 1.93. The van der Waals surface area contributed by atoms with Crippen molar-refractivity contribution in [3.63, 3.8) is 0 Å². The highest BCUT2D eigenvalue weighted by Gasteiger charge is 2.21. The predicted molar refractivity (Wildman–Crippen MR) is 71.6 cm³/mol. The molecule has 16 heavy (non-hydrogen) atoms. The molecule has 0 fully saturated rings. The van der Waals surface area contributed by atoms with Crippen LogP contribution < -0.4 is 0 Å². The van der Waals surface area contributed by atoms with Gasteiger partial charge in [0.1, 0.15) is 0 Å². The monoisotopic (exact) mass is 214 g/mol. The summed E-state index contributed by atoms with van der Waals surface area (Å²) >= 11 is 0. The van der Waals surface area contributed by atoms with Gasteiger partial charge in [0.2, 0.25) is 0 Å². The number of hydrogen-bond donors (Lipinski definition) is 0. The van der Waals surface area contributed by atoms with Gasteiger partial charge in [0.25, 0.3) is 0 Å². The SMILES string of the molecule is CCCC1=C(CCC)c2c(C)cccc2C1. The van der Waals surface area contributed by atoms with Gasteiger partial charge >= 0.3 is 0 Å². The summed E-state index contributed by atoms with van der Waals surface area (Å²) in [7, 11) is 0. The molecule has 1 aliphatic carbocycles. The minimum Gasteiger partial charge on any atom is -0.0651 e. The average molecular weight is 214 g/mol. The molecule has 1 aromatic rings. The van der Waals surface area contributed by atoms with Crippen LogP contribution >= 0.6 is 0 Å². The fourth-order valence-corrected chi connectivity index (χ4v) is 2.91. The lowest BCUT2D eigenvalue weighted by Gasteiger charge is -2.09. The van der Waals surface area contributed by atoms with E-state index in [4.69, 9.17) is 0 Å². The average Bonchev–Trinajstić information content (AvgIpc) is 2.59. The van der Waals surface area contributed by atoms with Crippen LogP contribution in [0, 0.1) is 6.92 Å². The molecule has 0 unspecified atom stereocenters. The molecule has 0 amide bonds. The van der Waals surface area contributed by atoms with E-state index < -0.39 is 0 Å². The second-order valence-corrected chi connectivity index (χ2v) is 4.87. The van der Waals surface area contributed by atoms with Crippen LogP contribution in [-0.4, -0.2) is 0 Å². The summed E-state index contributed by atoms with van der Waals surface area (Å²) in [5, 5.41) is 0. The number of benzene rings is 1. The fourth-order valence-electron chi connectivity index (χ4n) is 2.91. The number of aryl methyl sites for hydroxylation is 1. The van der Waals surface area contributed by atoms with E-state index in [1.54, 1.807) is 22.3 Å². The molecule has 0 atom stereocenters. The third-order valence-electron chi connectivity index (χ3n) is 3.54. The lowest BCUT2D eigenvalue weighted by molar-refractivity contribution is 0.871. The van der Waals surface area contributed by atoms with E-state index in [1.807, 2.05) is 0 Å². The second-order valence-electron chi connectivity index (χ2n) is 4.87. The van der Waals surface area contributed by atoms with E-state index >= 15 is 0 Å². The smallest absolute Gasteiger partial charge is 0.00549 e. The topological polar surface area (TPSA) is 0 Å². The maximum atomic E-state index is 2.31. The molecule has 0 aliphatic heterocycles. The van der Waals surface area contributed by atoms with Gasteiger partial charge in [-0.25, -0.2) is 0 Å². The van der Waals surface area contributed by atoms with Gasteiger partial charge in [0.15, 0.2) is 0 Å². The van der Waals surface area contributed by atoms with Crippen molar-refractivity contribution in [3.8, 4) is 0 Å².